The first-order valence-corrected chi connectivity index (χ1v) is 5.11. The van der Waals surface area contributed by atoms with Crippen molar-refractivity contribution in [2.45, 2.75) is 20.0 Å². The molecule has 1 heteroatoms. The van der Waals surface area contributed by atoms with Crippen LogP contribution >= 0.6 is 0 Å². The first-order valence-electron chi connectivity index (χ1n) is 5.11. The Labute approximate surface area is 91.5 Å². The number of hydrogen-bond donors (Lipinski definition) is 1. The number of aliphatic hydroxyl groups excluding tert-OH is 1. The van der Waals surface area contributed by atoms with Gasteiger partial charge in [-0.25, -0.2) is 0 Å². The molecular weight excluding hydrogens is 184 g/mol. The summed E-state index contributed by atoms with van der Waals surface area (Å²) in [6.45, 7) is 3.89. The van der Waals surface area contributed by atoms with Gasteiger partial charge >= 0.3 is 0 Å². The molecule has 1 unspecified atom stereocenters. The van der Waals surface area contributed by atoms with Crippen molar-refractivity contribution in [1.29, 1.82) is 0 Å². The summed E-state index contributed by atoms with van der Waals surface area (Å²) in [7, 11) is 0. The lowest BCUT2D eigenvalue weighted by atomic mass is 10.1. The Morgan fingerprint density at radius 3 is 2.47 bits per heavy atom. The second-order valence-corrected chi connectivity index (χ2v) is 3.72. The molecule has 0 radical (unpaired) electrons. The molecular formula is C14H16O. The highest BCUT2D eigenvalue weighted by Crippen LogP contribution is 2.01. The van der Waals surface area contributed by atoms with E-state index >= 15 is 0 Å². The molecule has 1 nitrogen and oxygen atoms in total. The molecule has 0 saturated carbocycles. The summed E-state index contributed by atoms with van der Waals surface area (Å²) in [5, 5.41) is 9.42. The van der Waals surface area contributed by atoms with E-state index in [9.17, 15) is 5.11 Å². The summed E-state index contributed by atoms with van der Waals surface area (Å²) in [4.78, 5) is 0. The third-order valence-corrected chi connectivity index (χ3v) is 2.02. The summed E-state index contributed by atoms with van der Waals surface area (Å²) < 4.78 is 0. The molecule has 0 spiro atoms. The minimum Gasteiger partial charge on any atom is -0.380 e. The molecule has 0 saturated heterocycles. The highest BCUT2D eigenvalue weighted by atomic mass is 16.3. The Morgan fingerprint density at radius 1 is 1.20 bits per heavy atom. The monoisotopic (exact) mass is 200 g/mol. The molecule has 78 valence electrons. The van der Waals surface area contributed by atoms with Crippen molar-refractivity contribution in [3.05, 3.63) is 42.0 Å². The van der Waals surface area contributed by atoms with Gasteiger partial charge in [-0.15, -0.1) is 0 Å². The van der Waals surface area contributed by atoms with Crippen LogP contribution in [0.15, 0.2) is 36.4 Å². The van der Waals surface area contributed by atoms with Crippen LogP contribution in [0.1, 0.15) is 19.4 Å². The molecule has 15 heavy (non-hydrogen) atoms. The van der Waals surface area contributed by atoms with E-state index in [4.69, 9.17) is 0 Å². The molecule has 1 aromatic rings. The number of allylic oxidation sites excluding steroid dienone is 1. The van der Waals surface area contributed by atoms with Gasteiger partial charge in [-0.3, -0.25) is 0 Å². The van der Waals surface area contributed by atoms with E-state index in [2.05, 4.69) is 11.8 Å². The van der Waals surface area contributed by atoms with E-state index in [1.165, 1.54) is 0 Å². The zero-order valence-corrected chi connectivity index (χ0v) is 9.14. The second kappa shape index (κ2) is 6.06. The molecule has 0 aliphatic carbocycles. The predicted octanol–water partition coefficient (Wildman–Crippen LogP) is 2.72. The molecule has 1 rings (SSSR count). The molecule has 0 bridgehead atoms. The average molecular weight is 200 g/mol. The van der Waals surface area contributed by atoms with Crippen LogP contribution in [-0.4, -0.2) is 11.2 Å². The third-order valence-electron chi connectivity index (χ3n) is 2.02. The van der Waals surface area contributed by atoms with Gasteiger partial charge in [0.25, 0.3) is 0 Å². The molecule has 1 atom stereocenters. The molecule has 0 aliphatic rings. The normalized spacial score (nSPS) is 12.5. The van der Waals surface area contributed by atoms with E-state index in [0.29, 0.717) is 0 Å². The maximum atomic E-state index is 9.42. The summed E-state index contributed by atoms with van der Waals surface area (Å²) in [5.41, 5.74) is 1.12. The zero-order chi connectivity index (χ0) is 11.1. The Balaban J connectivity index is 2.53. The fourth-order valence-corrected chi connectivity index (χ4v) is 1.00. The van der Waals surface area contributed by atoms with Crippen molar-refractivity contribution < 1.29 is 5.11 Å². The van der Waals surface area contributed by atoms with Crippen LogP contribution in [-0.2, 0) is 0 Å². The lowest BCUT2D eigenvalue weighted by Gasteiger charge is -2.04. The number of aliphatic hydroxyl groups is 1. The van der Waals surface area contributed by atoms with Crippen LogP contribution in [0, 0.1) is 17.8 Å². The summed E-state index contributed by atoms with van der Waals surface area (Å²) in [5.74, 6) is 5.79. The van der Waals surface area contributed by atoms with Gasteiger partial charge < -0.3 is 5.11 Å². The van der Waals surface area contributed by atoms with Crippen molar-refractivity contribution in [2.75, 3.05) is 0 Å². The van der Waals surface area contributed by atoms with E-state index in [1.54, 1.807) is 6.08 Å². The largest absolute Gasteiger partial charge is 0.380 e. The molecule has 0 aromatic heterocycles. The van der Waals surface area contributed by atoms with E-state index in [-0.39, 0.29) is 5.92 Å². The van der Waals surface area contributed by atoms with Gasteiger partial charge in [0, 0.05) is 0 Å². The van der Waals surface area contributed by atoms with Gasteiger partial charge in [0.2, 0.25) is 0 Å². The van der Waals surface area contributed by atoms with Gasteiger partial charge in [0.15, 0.2) is 0 Å². The summed E-state index contributed by atoms with van der Waals surface area (Å²) in [6.07, 6.45) is 3.16. The average Bonchev–Trinajstić information content (AvgIpc) is 2.25. The third kappa shape index (κ3) is 4.49. The highest BCUT2D eigenvalue weighted by Gasteiger charge is 2.02. The van der Waals surface area contributed by atoms with Crippen LogP contribution in [0.4, 0.5) is 0 Å². The summed E-state index contributed by atoms with van der Waals surface area (Å²) in [6, 6.07) is 9.96. The number of hydrogen-bond acceptors (Lipinski definition) is 1. The van der Waals surface area contributed by atoms with Crippen molar-refractivity contribution >= 4 is 6.08 Å². The predicted molar refractivity (Wildman–Crippen MR) is 64.1 cm³/mol. The standard InChI is InChI=1S/C14H16O/c1-12(2)14(15)11-7-6-10-13-8-4-3-5-9-13/h3-6,8-10,12,14-15H,1-2H3/b10-6-. The van der Waals surface area contributed by atoms with Gasteiger partial charge in [-0.05, 0) is 23.6 Å². The Kier molecular flexibility index (Phi) is 4.66. The molecule has 0 aliphatic heterocycles. The fourth-order valence-electron chi connectivity index (χ4n) is 1.00. The lowest BCUT2D eigenvalue weighted by molar-refractivity contribution is 0.181. The second-order valence-electron chi connectivity index (χ2n) is 3.72. The van der Waals surface area contributed by atoms with Crippen LogP contribution in [0.2, 0.25) is 0 Å². The summed E-state index contributed by atoms with van der Waals surface area (Å²) >= 11 is 0. The van der Waals surface area contributed by atoms with Crippen LogP contribution in [0.25, 0.3) is 6.08 Å². The topological polar surface area (TPSA) is 20.2 Å². The highest BCUT2D eigenvalue weighted by molar-refractivity contribution is 5.52. The maximum Gasteiger partial charge on any atom is 0.117 e. The molecule has 0 amide bonds. The number of benzene rings is 1. The van der Waals surface area contributed by atoms with Gasteiger partial charge in [0.1, 0.15) is 6.10 Å². The first-order chi connectivity index (χ1) is 7.20. The van der Waals surface area contributed by atoms with Crippen molar-refractivity contribution in [1.82, 2.24) is 0 Å². The van der Waals surface area contributed by atoms with Crippen LogP contribution < -0.4 is 0 Å². The van der Waals surface area contributed by atoms with E-state index in [1.807, 2.05) is 50.3 Å². The van der Waals surface area contributed by atoms with Gasteiger partial charge in [0.05, 0.1) is 0 Å². The van der Waals surface area contributed by atoms with Crippen LogP contribution in [0.5, 0.6) is 0 Å². The molecule has 0 heterocycles. The Morgan fingerprint density at radius 2 is 1.87 bits per heavy atom. The van der Waals surface area contributed by atoms with Gasteiger partial charge in [-0.1, -0.05) is 56.0 Å². The minimum absolute atomic E-state index is 0.183. The zero-order valence-electron chi connectivity index (χ0n) is 9.14. The maximum absolute atomic E-state index is 9.42. The molecule has 1 aromatic carbocycles. The SMILES string of the molecule is CC(C)C(O)C#C/C=C\c1ccccc1. The lowest BCUT2D eigenvalue weighted by Crippen LogP contribution is -2.10. The number of rotatable bonds is 2. The molecule has 0 fully saturated rings. The quantitative estimate of drug-likeness (QED) is 0.728. The fraction of sp³-hybridized carbons (Fsp3) is 0.286. The van der Waals surface area contributed by atoms with E-state index in [0.717, 1.165) is 5.56 Å². The van der Waals surface area contributed by atoms with E-state index < -0.39 is 6.10 Å². The van der Waals surface area contributed by atoms with Crippen molar-refractivity contribution in [2.24, 2.45) is 5.92 Å². The van der Waals surface area contributed by atoms with Gasteiger partial charge in [-0.2, -0.15) is 0 Å². The minimum atomic E-state index is -0.537. The van der Waals surface area contributed by atoms with Crippen LogP contribution in [0.3, 0.4) is 0 Å². The molecule has 1 N–H and O–H groups in total. The Bertz CT molecular complexity index is 365. The first kappa shape index (κ1) is 11.6. The van der Waals surface area contributed by atoms with Crippen molar-refractivity contribution in [3.8, 4) is 11.8 Å². The smallest absolute Gasteiger partial charge is 0.117 e. The van der Waals surface area contributed by atoms with Crippen molar-refractivity contribution in [3.63, 3.8) is 0 Å². The Hall–Kier alpha value is -1.52.